The number of fused-ring (bicyclic) bond motifs is 1. The number of thiazole rings is 1. The maximum absolute atomic E-state index is 12.2. The van der Waals surface area contributed by atoms with Crippen LogP contribution in [0.5, 0.6) is 0 Å². The predicted octanol–water partition coefficient (Wildman–Crippen LogP) is 3.18. The van der Waals surface area contributed by atoms with Gasteiger partial charge in [-0.05, 0) is 37.6 Å². The number of aromatic nitrogens is 3. The van der Waals surface area contributed by atoms with Crippen LogP contribution in [0.15, 0.2) is 36.1 Å². The van der Waals surface area contributed by atoms with Gasteiger partial charge in [-0.15, -0.1) is 11.3 Å². The molecule has 128 valence electrons. The van der Waals surface area contributed by atoms with Crippen molar-refractivity contribution in [3.8, 4) is 10.4 Å². The highest BCUT2D eigenvalue weighted by Crippen LogP contribution is 2.26. The number of benzene rings is 1. The SMILES string of the molecule is O=C(CN1CCCCC1)Nc1ncc2ccc(-c3cncs3)cc2n1. The molecular formula is C18H19N5OS. The van der Waals surface area contributed by atoms with E-state index in [1.54, 1.807) is 17.5 Å². The highest BCUT2D eigenvalue weighted by molar-refractivity contribution is 7.13. The Kier molecular flexibility index (Phi) is 4.67. The van der Waals surface area contributed by atoms with Gasteiger partial charge in [-0.25, -0.2) is 9.97 Å². The zero-order valence-electron chi connectivity index (χ0n) is 13.8. The molecule has 0 unspecified atom stereocenters. The van der Waals surface area contributed by atoms with Gasteiger partial charge in [0.2, 0.25) is 11.9 Å². The summed E-state index contributed by atoms with van der Waals surface area (Å²) in [6.07, 6.45) is 7.18. The molecular weight excluding hydrogens is 334 g/mol. The molecule has 2 aromatic heterocycles. The van der Waals surface area contributed by atoms with Crippen LogP contribution < -0.4 is 5.32 Å². The highest BCUT2D eigenvalue weighted by Gasteiger charge is 2.14. The summed E-state index contributed by atoms with van der Waals surface area (Å²) in [6.45, 7) is 2.39. The molecule has 3 aromatic rings. The fraction of sp³-hybridized carbons (Fsp3) is 0.333. The molecule has 1 amide bonds. The largest absolute Gasteiger partial charge is 0.295 e. The molecule has 0 spiro atoms. The van der Waals surface area contributed by atoms with Crippen molar-refractivity contribution in [2.24, 2.45) is 0 Å². The lowest BCUT2D eigenvalue weighted by Gasteiger charge is -2.25. The maximum atomic E-state index is 12.2. The first-order chi connectivity index (χ1) is 12.3. The fourth-order valence-corrected chi connectivity index (χ4v) is 3.70. The average molecular weight is 353 g/mol. The Morgan fingerprint density at radius 1 is 1.20 bits per heavy atom. The van der Waals surface area contributed by atoms with E-state index in [-0.39, 0.29) is 5.91 Å². The monoisotopic (exact) mass is 353 g/mol. The first-order valence-corrected chi connectivity index (χ1v) is 9.34. The van der Waals surface area contributed by atoms with Gasteiger partial charge in [-0.2, -0.15) is 0 Å². The number of rotatable bonds is 4. The number of nitrogens with zero attached hydrogens (tertiary/aromatic N) is 4. The van der Waals surface area contributed by atoms with Gasteiger partial charge in [0.1, 0.15) is 0 Å². The molecule has 1 aromatic carbocycles. The summed E-state index contributed by atoms with van der Waals surface area (Å²) in [6, 6.07) is 6.03. The fourth-order valence-electron chi connectivity index (χ4n) is 3.08. The van der Waals surface area contributed by atoms with Crippen molar-refractivity contribution in [1.29, 1.82) is 0 Å². The van der Waals surface area contributed by atoms with Crippen molar-refractivity contribution in [3.05, 3.63) is 36.1 Å². The number of nitrogens with one attached hydrogen (secondary N) is 1. The van der Waals surface area contributed by atoms with Crippen LogP contribution in [-0.2, 0) is 4.79 Å². The first kappa shape index (κ1) is 16.1. The Morgan fingerprint density at radius 2 is 2.08 bits per heavy atom. The summed E-state index contributed by atoms with van der Waals surface area (Å²) >= 11 is 1.59. The topological polar surface area (TPSA) is 71.0 Å². The first-order valence-electron chi connectivity index (χ1n) is 8.46. The molecule has 0 radical (unpaired) electrons. The van der Waals surface area contributed by atoms with E-state index in [0.29, 0.717) is 12.5 Å². The summed E-state index contributed by atoms with van der Waals surface area (Å²) in [7, 11) is 0. The molecule has 0 saturated carbocycles. The van der Waals surface area contributed by atoms with E-state index in [4.69, 9.17) is 0 Å². The second-order valence-electron chi connectivity index (χ2n) is 6.22. The molecule has 3 heterocycles. The third-order valence-electron chi connectivity index (χ3n) is 4.37. The molecule has 1 N–H and O–H groups in total. The zero-order valence-corrected chi connectivity index (χ0v) is 14.6. The summed E-state index contributed by atoms with van der Waals surface area (Å²) in [5, 5.41) is 3.77. The van der Waals surface area contributed by atoms with E-state index in [9.17, 15) is 4.79 Å². The van der Waals surface area contributed by atoms with Crippen LogP contribution in [0.4, 0.5) is 5.95 Å². The smallest absolute Gasteiger partial charge is 0.240 e. The minimum absolute atomic E-state index is 0.0557. The van der Waals surface area contributed by atoms with Crippen LogP contribution in [-0.4, -0.2) is 45.4 Å². The molecule has 25 heavy (non-hydrogen) atoms. The maximum Gasteiger partial charge on any atom is 0.240 e. The summed E-state index contributed by atoms with van der Waals surface area (Å²) in [4.78, 5) is 28.4. The highest BCUT2D eigenvalue weighted by atomic mass is 32.1. The van der Waals surface area contributed by atoms with Crippen molar-refractivity contribution >= 4 is 34.1 Å². The van der Waals surface area contributed by atoms with E-state index in [0.717, 1.165) is 34.4 Å². The van der Waals surface area contributed by atoms with Crippen molar-refractivity contribution in [2.75, 3.05) is 25.0 Å². The van der Waals surface area contributed by atoms with Crippen molar-refractivity contribution in [1.82, 2.24) is 19.9 Å². The third-order valence-corrected chi connectivity index (χ3v) is 5.19. The van der Waals surface area contributed by atoms with E-state index in [1.807, 2.05) is 29.9 Å². The quantitative estimate of drug-likeness (QED) is 0.780. The lowest BCUT2D eigenvalue weighted by Crippen LogP contribution is -2.37. The molecule has 0 aliphatic carbocycles. The number of carbonyl (C=O) groups excluding carboxylic acids is 1. The van der Waals surface area contributed by atoms with E-state index in [1.165, 1.54) is 19.3 Å². The van der Waals surface area contributed by atoms with Crippen LogP contribution >= 0.6 is 11.3 Å². The number of amides is 1. The molecule has 1 aliphatic rings. The van der Waals surface area contributed by atoms with E-state index in [2.05, 4.69) is 25.2 Å². The number of likely N-dealkylation sites (tertiary alicyclic amines) is 1. The van der Waals surface area contributed by atoms with Gasteiger partial charge in [0.05, 0.1) is 22.4 Å². The second-order valence-corrected chi connectivity index (χ2v) is 7.10. The lowest BCUT2D eigenvalue weighted by atomic mass is 10.1. The predicted molar refractivity (Wildman–Crippen MR) is 99.6 cm³/mol. The molecule has 6 nitrogen and oxygen atoms in total. The molecule has 1 aliphatic heterocycles. The minimum atomic E-state index is -0.0557. The van der Waals surface area contributed by atoms with Crippen LogP contribution in [0, 0.1) is 0 Å². The lowest BCUT2D eigenvalue weighted by molar-refractivity contribution is -0.117. The Bertz CT molecular complexity index is 874. The number of carbonyl (C=O) groups is 1. The normalized spacial score (nSPS) is 15.4. The Hall–Kier alpha value is -2.38. The van der Waals surface area contributed by atoms with Gasteiger partial charge in [0.25, 0.3) is 0 Å². The second kappa shape index (κ2) is 7.25. The van der Waals surface area contributed by atoms with Gasteiger partial charge < -0.3 is 0 Å². The number of anilines is 1. The standard InChI is InChI=1S/C18H19N5OS/c24-17(11-23-6-2-1-3-7-23)22-18-20-9-14-5-4-13(8-15(14)21-18)16-10-19-12-25-16/h4-5,8-10,12H,1-3,6-7,11H2,(H,20,21,22,24). The number of hydrogen-bond acceptors (Lipinski definition) is 6. The van der Waals surface area contributed by atoms with E-state index >= 15 is 0 Å². The van der Waals surface area contributed by atoms with Gasteiger partial charge in [-0.3, -0.25) is 20.0 Å². The van der Waals surface area contributed by atoms with Crippen molar-refractivity contribution < 1.29 is 4.79 Å². The summed E-state index contributed by atoms with van der Waals surface area (Å²) < 4.78 is 0. The van der Waals surface area contributed by atoms with Gasteiger partial charge >= 0.3 is 0 Å². The summed E-state index contributed by atoms with van der Waals surface area (Å²) in [5.74, 6) is 0.302. The van der Waals surface area contributed by atoms with Gasteiger partial charge in [-0.1, -0.05) is 18.6 Å². The van der Waals surface area contributed by atoms with E-state index < -0.39 is 0 Å². The zero-order chi connectivity index (χ0) is 17.1. The van der Waals surface area contributed by atoms with Crippen LogP contribution in [0.25, 0.3) is 21.3 Å². The van der Waals surface area contributed by atoms with Gasteiger partial charge in [0, 0.05) is 17.8 Å². The third kappa shape index (κ3) is 3.83. The average Bonchev–Trinajstić information content (AvgIpc) is 3.16. The van der Waals surface area contributed by atoms with Gasteiger partial charge in [0.15, 0.2) is 0 Å². The molecule has 1 fully saturated rings. The minimum Gasteiger partial charge on any atom is -0.295 e. The van der Waals surface area contributed by atoms with Crippen molar-refractivity contribution in [3.63, 3.8) is 0 Å². The Morgan fingerprint density at radius 3 is 2.88 bits per heavy atom. The van der Waals surface area contributed by atoms with Crippen LogP contribution in [0.3, 0.4) is 0 Å². The van der Waals surface area contributed by atoms with Crippen LogP contribution in [0.1, 0.15) is 19.3 Å². The summed E-state index contributed by atoms with van der Waals surface area (Å²) in [5.41, 5.74) is 3.69. The molecule has 0 atom stereocenters. The number of hydrogen-bond donors (Lipinski definition) is 1. The Balaban J connectivity index is 1.50. The number of piperidine rings is 1. The van der Waals surface area contributed by atoms with Crippen LogP contribution in [0.2, 0.25) is 0 Å². The molecule has 0 bridgehead atoms. The Labute approximate surface area is 149 Å². The van der Waals surface area contributed by atoms with Crippen molar-refractivity contribution in [2.45, 2.75) is 19.3 Å². The molecule has 4 rings (SSSR count). The molecule has 1 saturated heterocycles. The molecule has 7 heteroatoms.